The largest absolute Gasteiger partial charge is 0.381 e. The summed E-state index contributed by atoms with van der Waals surface area (Å²) < 4.78 is 5.37. The summed E-state index contributed by atoms with van der Waals surface area (Å²) in [6, 6.07) is 14.1. The van der Waals surface area contributed by atoms with Crippen molar-refractivity contribution in [2.45, 2.75) is 25.3 Å². The van der Waals surface area contributed by atoms with Crippen molar-refractivity contribution in [1.82, 2.24) is 4.90 Å². The molecule has 1 unspecified atom stereocenters. The quantitative estimate of drug-likeness (QED) is 0.936. The summed E-state index contributed by atoms with van der Waals surface area (Å²) in [5.41, 5.74) is 0.806. The van der Waals surface area contributed by atoms with E-state index in [9.17, 15) is 9.59 Å². The van der Waals surface area contributed by atoms with E-state index < -0.39 is 0 Å². The summed E-state index contributed by atoms with van der Waals surface area (Å²) in [6.07, 6.45) is 2.03. The standard InChI is InChI=1S/C20H22N2O3/c23-19-12-15(13-22(19)16-8-10-25-11-9-16)20(24)21-18-7-3-5-14-4-1-2-6-17(14)18/h1-7,15-16H,8-13H2,(H,21,24). The molecule has 0 radical (unpaired) electrons. The Hall–Kier alpha value is -2.40. The van der Waals surface area contributed by atoms with Crippen molar-refractivity contribution in [1.29, 1.82) is 0 Å². The van der Waals surface area contributed by atoms with Crippen molar-refractivity contribution in [3.8, 4) is 0 Å². The molecule has 25 heavy (non-hydrogen) atoms. The number of hydrogen-bond donors (Lipinski definition) is 1. The number of hydrogen-bond acceptors (Lipinski definition) is 3. The molecule has 0 aliphatic carbocycles. The van der Waals surface area contributed by atoms with Crippen LogP contribution in [0, 0.1) is 5.92 Å². The van der Waals surface area contributed by atoms with Crippen LogP contribution in [0.25, 0.3) is 10.8 Å². The Morgan fingerprint density at radius 2 is 1.84 bits per heavy atom. The fraction of sp³-hybridized carbons (Fsp3) is 0.400. The van der Waals surface area contributed by atoms with Crippen molar-refractivity contribution in [2.24, 2.45) is 5.92 Å². The van der Waals surface area contributed by atoms with E-state index >= 15 is 0 Å². The van der Waals surface area contributed by atoms with Crippen LogP contribution in [0.2, 0.25) is 0 Å². The highest BCUT2D eigenvalue weighted by Crippen LogP contribution is 2.28. The van der Waals surface area contributed by atoms with Gasteiger partial charge in [0, 0.05) is 43.3 Å². The van der Waals surface area contributed by atoms with Gasteiger partial charge in [0.15, 0.2) is 0 Å². The Morgan fingerprint density at radius 3 is 2.68 bits per heavy atom. The maximum absolute atomic E-state index is 12.7. The molecule has 0 aromatic heterocycles. The van der Waals surface area contributed by atoms with Crippen LogP contribution in [0.3, 0.4) is 0 Å². The molecule has 130 valence electrons. The lowest BCUT2D eigenvalue weighted by atomic mass is 10.1. The molecule has 1 N–H and O–H groups in total. The molecule has 2 amide bonds. The van der Waals surface area contributed by atoms with Crippen molar-refractivity contribution in [3.05, 3.63) is 42.5 Å². The van der Waals surface area contributed by atoms with Crippen LogP contribution < -0.4 is 5.32 Å². The van der Waals surface area contributed by atoms with Crippen LogP contribution in [0.1, 0.15) is 19.3 Å². The predicted molar refractivity (Wildman–Crippen MR) is 96.2 cm³/mol. The monoisotopic (exact) mass is 338 g/mol. The van der Waals surface area contributed by atoms with Gasteiger partial charge in [-0.2, -0.15) is 0 Å². The maximum Gasteiger partial charge on any atom is 0.229 e. The number of ether oxygens (including phenoxy) is 1. The zero-order valence-corrected chi connectivity index (χ0v) is 14.1. The van der Waals surface area contributed by atoms with E-state index in [1.165, 1.54) is 0 Å². The number of amides is 2. The number of nitrogens with one attached hydrogen (secondary N) is 1. The molecule has 2 aromatic carbocycles. The third-order valence-corrected chi connectivity index (χ3v) is 5.21. The number of likely N-dealkylation sites (tertiary alicyclic amines) is 1. The van der Waals surface area contributed by atoms with E-state index in [2.05, 4.69) is 5.32 Å². The number of benzene rings is 2. The van der Waals surface area contributed by atoms with Gasteiger partial charge in [-0.25, -0.2) is 0 Å². The smallest absolute Gasteiger partial charge is 0.229 e. The first-order valence-electron chi connectivity index (χ1n) is 8.88. The molecule has 2 fully saturated rings. The lowest BCUT2D eigenvalue weighted by Crippen LogP contribution is -2.41. The average molecular weight is 338 g/mol. The molecule has 2 aromatic rings. The van der Waals surface area contributed by atoms with Gasteiger partial charge in [0.25, 0.3) is 0 Å². The Kier molecular flexibility index (Phi) is 4.40. The molecule has 2 aliphatic rings. The van der Waals surface area contributed by atoms with Crippen molar-refractivity contribution >= 4 is 28.3 Å². The van der Waals surface area contributed by atoms with Gasteiger partial charge in [-0.05, 0) is 24.3 Å². The first-order chi connectivity index (χ1) is 12.2. The number of anilines is 1. The fourth-order valence-corrected chi connectivity index (χ4v) is 3.83. The van der Waals surface area contributed by atoms with E-state index in [4.69, 9.17) is 4.74 Å². The third-order valence-electron chi connectivity index (χ3n) is 5.21. The fourth-order valence-electron chi connectivity index (χ4n) is 3.83. The van der Waals surface area contributed by atoms with E-state index in [1.807, 2.05) is 47.4 Å². The molecule has 2 aliphatic heterocycles. The Balaban J connectivity index is 1.47. The molecular weight excluding hydrogens is 316 g/mol. The molecule has 4 rings (SSSR count). The molecule has 2 heterocycles. The summed E-state index contributed by atoms with van der Waals surface area (Å²) >= 11 is 0. The number of fused-ring (bicyclic) bond motifs is 1. The minimum Gasteiger partial charge on any atom is -0.381 e. The lowest BCUT2D eigenvalue weighted by Gasteiger charge is -2.31. The summed E-state index contributed by atoms with van der Waals surface area (Å²) in [4.78, 5) is 27.0. The van der Waals surface area contributed by atoms with Gasteiger partial charge in [0.2, 0.25) is 11.8 Å². The molecule has 2 saturated heterocycles. The summed E-state index contributed by atoms with van der Waals surface area (Å²) in [7, 11) is 0. The number of carbonyl (C=O) groups excluding carboxylic acids is 2. The highest BCUT2D eigenvalue weighted by atomic mass is 16.5. The molecule has 0 bridgehead atoms. The molecule has 1 atom stereocenters. The maximum atomic E-state index is 12.7. The molecule has 5 nitrogen and oxygen atoms in total. The van der Waals surface area contributed by atoms with E-state index in [0.717, 1.165) is 29.3 Å². The topological polar surface area (TPSA) is 58.6 Å². The zero-order valence-electron chi connectivity index (χ0n) is 14.1. The summed E-state index contributed by atoms with van der Waals surface area (Å²) in [5, 5.41) is 5.14. The molecular formula is C20H22N2O3. The normalized spacial score (nSPS) is 21.7. The van der Waals surface area contributed by atoms with E-state index in [1.54, 1.807) is 0 Å². The van der Waals surface area contributed by atoms with Gasteiger partial charge in [-0.15, -0.1) is 0 Å². The van der Waals surface area contributed by atoms with Crippen LogP contribution >= 0.6 is 0 Å². The van der Waals surface area contributed by atoms with Crippen molar-refractivity contribution < 1.29 is 14.3 Å². The van der Waals surface area contributed by atoms with E-state index in [-0.39, 0.29) is 23.8 Å². The lowest BCUT2D eigenvalue weighted by molar-refractivity contribution is -0.131. The highest BCUT2D eigenvalue weighted by Gasteiger charge is 2.38. The second-order valence-electron chi connectivity index (χ2n) is 6.81. The van der Waals surface area contributed by atoms with Crippen LogP contribution in [0.15, 0.2) is 42.5 Å². The molecule has 0 spiro atoms. The number of rotatable bonds is 3. The van der Waals surface area contributed by atoms with Gasteiger partial charge in [0.05, 0.1) is 5.92 Å². The van der Waals surface area contributed by atoms with Crippen LogP contribution in [0.5, 0.6) is 0 Å². The van der Waals surface area contributed by atoms with Crippen LogP contribution in [-0.2, 0) is 14.3 Å². The minimum atomic E-state index is -0.283. The Labute approximate surface area is 146 Å². The first kappa shape index (κ1) is 16.1. The van der Waals surface area contributed by atoms with Crippen molar-refractivity contribution in [2.75, 3.05) is 25.1 Å². The van der Waals surface area contributed by atoms with Crippen LogP contribution in [-0.4, -0.2) is 42.5 Å². The SMILES string of the molecule is O=C(Nc1cccc2ccccc12)C1CC(=O)N(C2CCOCC2)C1. The van der Waals surface area contributed by atoms with Gasteiger partial charge in [0.1, 0.15) is 0 Å². The highest BCUT2D eigenvalue weighted by molar-refractivity contribution is 6.04. The average Bonchev–Trinajstić information content (AvgIpc) is 3.05. The Bertz CT molecular complexity index is 793. The third kappa shape index (κ3) is 3.24. The van der Waals surface area contributed by atoms with Gasteiger partial charge in [-0.3, -0.25) is 9.59 Å². The predicted octanol–water partition coefficient (Wildman–Crippen LogP) is 2.81. The zero-order chi connectivity index (χ0) is 17.2. The second-order valence-corrected chi connectivity index (χ2v) is 6.81. The van der Waals surface area contributed by atoms with Crippen LogP contribution in [0.4, 0.5) is 5.69 Å². The summed E-state index contributed by atoms with van der Waals surface area (Å²) in [5.74, 6) is -0.265. The van der Waals surface area contributed by atoms with Gasteiger partial charge < -0.3 is 15.0 Å². The van der Waals surface area contributed by atoms with Gasteiger partial charge in [-0.1, -0.05) is 36.4 Å². The second kappa shape index (κ2) is 6.84. The first-order valence-corrected chi connectivity index (χ1v) is 8.88. The molecule has 5 heteroatoms. The molecule has 0 saturated carbocycles. The summed E-state index contributed by atoms with van der Waals surface area (Å²) in [6.45, 7) is 1.91. The minimum absolute atomic E-state index is 0.0701. The van der Waals surface area contributed by atoms with E-state index in [0.29, 0.717) is 26.2 Å². The van der Waals surface area contributed by atoms with Crippen molar-refractivity contribution in [3.63, 3.8) is 0 Å². The number of carbonyl (C=O) groups is 2. The number of nitrogens with zero attached hydrogens (tertiary/aromatic N) is 1. The Morgan fingerprint density at radius 1 is 1.08 bits per heavy atom. The van der Waals surface area contributed by atoms with Gasteiger partial charge >= 0.3 is 0 Å².